The molecule has 11 nitrogen and oxygen atoms in total. The average Bonchev–Trinajstić information content (AvgIpc) is 2.89. The van der Waals surface area contributed by atoms with Crippen LogP contribution in [0.15, 0.2) is 30.7 Å². The molecule has 1 unspecified atom stereocenters. The van der Waals surface area contributed by atoms with Gasteiger partial charge >= 0.3 is 5.97 Å². The summed E-state index contributed by atoms with van der Waals surface area (Å²) in [5.41, 5.74) is 0.937. The van der Waals surface area contributed by atoms with Gasteiger partial charge in [-0.1, -0.05) is 13.8 Å². The molecule has 2 rings (SSSR count). The summed E-state index contributed by atoms with van der Waals surface area (Å²) in [6.07, 6.45) is 8.04. The number of nitrogens with one attached hydrogen (secondary N) is 4. The van der Waals surface area contributed by atoms with Gasteiger partial charge in [0.15, 0.2) is 0 Å². The summed E-state index contributed by atoms with van der Waals surface area (Å²) in [5.74, 6) is 0.00813. The molecule has 0 bridgehead atoms. The summed E-state index contributed by atoms with van der Waals surface area (Å²) >= 11 is 0. The van der Waals surface area contributed by atoms with E-state index in [2.05, 4.69) is 36.2 Å². The number of pyridine rings is 1. The van der Waals surface area contributed by atoms with E-state index in [0.717, 1.165) is 18.4 Å². The van der Waals surface area contributed by atoms with E-state index in [1.54, 1.807) is 33.2 Å². The second-order valence-electron chi connectivity index (χ2n) is 10.2. The van der Waals surface area contributed by atoms with E-state index in [4.69, 9.17) is 4.74 Å². The fourth-order valence-electron chi connectivity index (χ4n) is 3.62. The number of carbonyl (C=O) groups excluding carboxylic acids is 3. The summed E-state index contributed by atoms with van der Waals surface area (Å²) < 4.78 is 5.24. The molecule has 0 saturated heterocycles. The van der Waals surface area contributed by atoms with Crippen LogP contribution in [0.25, 0.3) is 0 Å². The van der Waals surface area contributed by atoms with Gasteiger partial charge in [0.1, 0.15) is 17.0 Å². The van der Waals surface area contributed by atoms with Gasteiger partial charge in [0.25, 0.3) is 5.91 Å². The summed E-state index contributed by atoms with van der Waals surface area (Å²) in [6, 6.07) is 3.79. The minimum Gasteiger partial charge on any atom is -0.460 e. The van der Waals surface area contributed by atoms with Crippen LogP contribution in [0, 0.1) is 0 Å². The molecule has 0 aliphatic rings. The minimum atomic E-state index is -0.577. The average molecular weight is 542 g/mol. The Morgan fingerprint density at radius 1 is 1.00 bits per heavy atom. The Morgan fingerprint density at radius 3 is 2.41 bits per heavy atom. The van der Waals surface area contributed by atoms with Gasteiger partial charge in [-0.25, -0.2) is 4.98 Å². The predicted octanol–water partition coefficient (Wildman–Crippen LogP) is 3.48. The highest BCUT2D eigenvalue weighted by molar-refractivity contribution is 5.98. The van der Waals surface area contributed by atoms with Crippen LogP contribution >= 0.6 is 0 Å². The largest absolute Gasteiger partial charge is 0.460 e. The molecule has 0 aliphatic heterocycles. The lowest BCUT2D eigenvalue weighted by Gasteiger charge is -2.20. The van der Waals surface area contributed by atoms with Crippen molar-refractivity contribution in [2.45, 2.75) is 84.8 Å². The third kappa shape index (κ3) is 12.6. The van der Waals surface area contributed by atoms with Crippen LogP contribution in [-0.4, -0.2) is 64.0 Å². The molecule has 2 amide bonds. The van der Waals surface area contributed by atoms with Crippen LogP contribution in [0.2, 0.25) is 0 Å². The van der Waals surface area contributed by atoms with Gasteiger partial charge in [-0.15, -0.1) is 0 Å². The second kappa shape index (κ2) is 16.3. The molecule has 4 N–H and O–H groups in total. The number of hydrogen-bond acceptors (Lipinski definition) is 9. The lowest BCUT2D eigenvalue weighted by Crippen LogP contribution is -2.38. The van der Waals surface area contributed by atoms with E-state index in [9.17, 15) is 14.4 Å². The Balaban J connectivity index is 1.85. The molecule has 0 spiro atoms. The van der Waals surface area contributed by atoms with Gasteiger partial charge in [0.2, 0.25) is 11.9 Å². The number of hydrogen-bond donors (Lipinski definition) is 4. The third-order valence-electron chi connectivity index (χ3n) is 5.63. The fraction of sp³-hybridized carbons (Fsp3) is 0.571. The molecule has 1 atom stereocenters. The number of carbonyl (C=O) groups is 3. The number of ether oxygens (including phenoxy) is 1. The van der Waals surface area contributed by atoms with Gasteiger partial charge in [-0.05, 0) is 64.2 Å². The van der Waals surface area contributed by atoms with Gasteiger partial charge in [0, 0.05) is 50.7 Å². The Bertz CT molecular complexity index is 1060. The standard InChI is InChI=1S/C28H43N7O4/c1-6-14-30-25-22(19-33-27(35-25)32-17-12-20-10-15-29-16-11-20)26(38)31-18-13-21(7-2)34-23(36)8-9-24(37)39-28(3,4)5/h10-11,15-16,19,21H,6-9,12-14,17-18H2,1-5H3,(H,31,38)(H,34,36)(H2,30,32,33,35). The molecule has 2 heterocycles. The molecular formula is C28H43N7O4. The van der Waals surface area contributed by atoms with E-state index in [1.165, 1.54) is 6.20 Å². The molecule has 214 valence electrons. The monoisotopic (exact) mass is 541 g/mol. The molecule has 11 heteroatoms. The van der Waals surface area contributed by atoms with Crippen LogP contribution in [0.5, 0.6) is 0 Å². The van der Waals surface area contributed by atoms with Crippen LogP contribution in [0.4, 0.5) is 11.8 Å². The third-order valence-corrected chi connectivity index (χ3v) is 5.63. The summed E-state index contributed by atoms with van der Waals surface area (Å²) in [5, 5.41) is 12.2. The predicted molar refractivity (Wildman–Crippen MR) is 151 cm³/mol. The van der Waals surface area contributed by atoms with Crippen LogP contribution in [0.3, 0.4) is 0 Å². The highest BCUT2D eigenvalue weighted by atomic mass is 16.6. The van der Waals surface area contributed by atoms with Crippen molar-refractivity contribution in [1.29, 1.82) is 0 Å². The van der Waals surface area contributed by atoms with Crippen molar-refractivity contribution in [1.82, 2.24) is 25.6 Å². The van der Waals surface area contributed by atoms with Crippen molar-refractivity contribution in [3.8, 4) is 0 Å². The first-order valence-corrected chi connectivity index (χ1v) is 13.6. The fourth-order valence-corrected chi connectivity index (χ4v) is 3.62. The molecular weight excluding hydrogens is 498 g/mol. The van der Waals surface area contributed by atoms with Gasteiger partial charge in [-0.2, -0.15) is 4.98 Å². The maximum atomic E-state index is 12.9. The molecule has 0 radical (unpaired) electrons. The van der Waals surface area contributed by atoms with Crippen molar-refractivity contribution >= 4 is 29.5 Å². The van der Waals surface area contributed by atoms with E-state index in [0.29, 0.717) is 49.8 Å². The lowest BCUT2D eigenvalue weighted by atomic mass is 10.1. The maximum Gasteiger partial charge on any atom is 0.306 e. The van der Waals surface area contributed by atoms with Crippen molar-refractivity contribution in [2.24, 2.45) is 0 Å². The van der Waals surface area contributed by atoms with E-state index in [1.807, 2.05) is 26.0 Å². The number of rotatable bonds is 16. The van der Waals surface area contributed by atoms with Crippen molar-refractivity contribution < 1.29 is 19.1 Å². The first-order valence-electron chi connectivity index (χ1n) is 13.6. The Labute approximate surface area is 231 Å². The molecule has 0 aromatic carbocycles. The van der Waals surface area contributed by atoms with Crippen molar-refractivity contribution in [3.05, 3.63) is 41.9 Å². The molecule has 2 aromatic heterocycles. The van der Waals surface area contributed by atoms with Gasteiger partial charge < -0.3 is 26.0 Å². The topological polar surface area (TPSA) is 147 Å². The number of esters is 1. The van der Waals surface area contributed by atoms with Gasteiger partial charge in [-0.3, -0.25) is 19.4 Å². The zero-order chi connectivity index (χ0) is 28.7. The molecule has 2 aromatic rings. The maximum absolute atomic E-state index is 12.9. The normalized spacial score (nSPS) is 11.8. The number of nitrogens with zero attached hydrogens (tertiary/aromatic N) is 3. The first kappa shape index (κ1) is 31.5. The summed E-state index contributed by atoms with van der Waals surface area (Å²) in [6.45, 7) is 11.0. The number of amides is 2. The quantitative estimate of drug-likeness (QED) is 0.234. The molecule has 0 aliphatic carbocycles. The van der Waals surface area contributed by atoms with E-state index >= 15 is 0 Å². The number of anilines is 2. The second-order valence-corrected chi connectivity index (χ2v) is 10.2. The van der Waals surface area contributed by atoms with Crippen LogP contribution in [0.1, 0.15) is 82.6 Å². The Hall–Kier alpha value is -3.76. The van der Waals surface area contributed by atoms with E-state index in [-0.39, 0.29) is 30.7 Å². The molecule has 0 saturated carbocycles. The summed E-state index contributed by atoms with van der Waals surface area (Å²) in [4.78, 5) is 49.9. The number of aromatic nitrogens is 3. The zero-order valence-electron chi connectivity index (χ0n) is 23.8. The summed E-state index contributed by atoms with van der Waals surface area (Å²) in [7, 11) is 0. The molecule has 0 fully saturated rings. The molecule has 39 heavy (non-hydrogen) atoms. The lowest BCUT2D eigenvalue weighted by molar-refractivity contribution is -0.155. The van der Waals surface area contributed by atoms with Crippen LogP contribution in [-0.2, 0) is 20.7 Å². The SMILES string of the molecule is CCCNc1nc(NCCc2ccncc2)ncc1C(=O)NCCC(CC)NC(=O)CCC(=O)OC(C)(C)C. The minimum absolute atomic E-state index is 0.0262. The van der Waals surface area contributed by atoms with E-state index < -0.39 is 11.6 Å². The van der Waals surface area contributed by atoms with Crippen molar-refractivity contribution in [3.63, 3.8) is 0 Å². The highest BCUT2D eigenvalue weighted by Gasteiger charge is 2.19. The Morgan fingerprint density at radius 2 is 1.74 bits per heavy atom. The van der Waals surface area contributed by atoms with Crippen molar-refractivity contribution in [2.75, 3.05) is 30.3 Å². The first-order chi connectivity index (χ1) is 18.6. The van der Waals surface area contributed by atoms with Crippen LogP contribution < -0.4 is 21.3 Å². The highest BCUT2D eigenvalue weighted by Crippen LogP contribution is 2.15. The Kier molecular flexibility index (Phi) is 13.1. The zero-order valence-corrected chi connectivity index (χ0v) is 23.8. The smallest absolute Gasteiger partial charge is 0.306 e. The van der Waals surface area contributed by atoms with Gasteiger partial charge in [0.05, 0.1) is 6.42 Å².